The normalized spacial score (nSPS) is 12.5. The SMILES string of the molecule is O=C(NCCCn1ncccc1=O)Nc1ccc2c(c1)OCCO2. The van der Waals surface area contributed by atoms with Crippen molar-refractivity contribution in [2.45, 2.75) is 13.0 Å². The Morgan fingerprint density at radius 3 is 2.88 bits per heavy atom. The largest absolute Gasteiger partial charge is 0.486 e. The van der Waals surface area contributed by atoms with Crippen LogP contribution in [-0.2, 0) is 6.54 Å². The lowest BCUT2D eigenvalue weighted by Gasteiger charge is -2.19. The molecule has 2 heterocycles. The van der Waals surface area contributed by atoms with E-state index in [4.69, 9.17) is 9.47 Å². The molecule has 3 rings (SSSR count). The van der Waals surface area contributed by atoms with E-state index in [0.29, 0.717) is 49.9 Å². The quantitative estimate of drug-likeness (QED) is 0.804. The lowest BCUT2D eigenvalue weighted by molar-refractivity contribution is 0.171. The molecule has 126 valence electrons. The molecule has 0 spiro atoms. The number of urea groups is 1. The average molecular weight is 330 g/mol. The van der Waals surface area contributed by atoms with Crippen molar-refractivity contribution in [1.82, 2.24) is 15.1 Å². The molecule has 0 saturated heterocycles. The average Bonchev–Trinajstić information content (AvgIpc) is 2.60. The molecule has 0 bridgehead atoms. The molecule has 2 N–H and O–H groups in total. The third-order valence-electron chi connectivity index (χ3n) is 3.42. The van der Waals surface area contributed by atoms with E-state index in [0.717, 1.165) is 0 Å². The molecule has 8 nitrogen and oxygen atoms in total. The van der Waals surface area contributed by atoms with E-state index in [1.54, 1.807) is 30.5 Å². The number of fused-ring (bicyclic) bond motifs is 1. The second kappa shape index (κ2) is 7.49. The number of carbonyl (C=O) groups excluding carboxylic acids is 1. The summed E-state index contributed by atoms with van der Waals surface area (Å²) in [5, 5.41) is 9.42. The van der Waals surface area contributed by atoms with Gasteiger partial charge in [0.1, 0.15) is 13.2 Å². The zero-order valence-electron chi connectivity index (χ0n) is 13.0. The summed E-state index contributed by atoms with van der Waals surface area (Å²) in [5.74, 6) is 1.29. The van der Waals surface area contributed by atoms with Gasteiger partial charge < -0.3 is 20.1 Å². The van der Waals surface area contributed by atoms with Crippen LogP contribution in [0, 0.1) is 0 Å². The number of ether oxygens (including phenoxy) is 2. The van der Waals surface area contributed by atoms with E-state index in [-0.39, 0.29) is 11.6 Å². The molecule has 2 amide bonds. The number of nitrogens with one attached hydrogen (secondary N) is 2. The molecule has 1 aromatic heterocycles. The van der Waals surface area contributed by atoms with Crippen molar-refractivity contribution >= 4 is 11.7 Å². The maximum absolute atomic E-state index is 11.9. The minimum absolute atomic E-state index is 0.154. The molecular formula is C16H18N4O4. The van der Waals surface area contributed by atoms with Crippen molar-refractivity contribution in [2.75, 3.05) is 25.1 Å². The first-order chi connectivity index (χ1) is 11.7. The molecule has 1 aromatic carbocycles. The molecular weight excluding hydrogens is 312 g/mol. The Morgan fingerprint density at radius 2 is 2.04 bits per heavy atom. The summed E-state index contributed by atoms with van der Waals surface area (Å²) in [4.78, 5) is 23.4. The standard InChI is InChI=1S/C16H18N4O4/c21-15-3-1-7-18-20(15)8-2-6-17-16(22)19-12-4-5-13-14(11-12)24-10-9-23-13/h1,3-5,7,11H,2,6,8-10H2,(H2,17,19,22). The number of aryl methyl sites for hydroxylation is 1. The van der Waals surface area contributed by atoms with Gasteiger partial charge in [0.2, 0.25) is 0 Å². The number of nitrogens with zero attached hydrogens (tertiary/aromatic N) is 2. The fraction of sp³-hybridized carbons (Fsp3) is 0.312. The Labute approximate surface area is 138 Å². The van der Waals surface area contributed by atoms with Crippen LogP contribution >= 0.6 is 0 Å². The highest BCUT2D eigenvalue weighted by molar-refractivity contribution is 5.89. The van der Waals surface area contributed by atoms with Crippen LogP contribution in [0.3, 0.4) is 0 Å². The smallest absolute Gasteiger partial charge is 0.319 e. The molecule has 0 fully saturated rings. The highest BCUT2D eigenvalue weighted by atomic mass is 16.6. The van der Waals surface area contributed by atoms with Crippen LogP contribution in [0.25, 0.3) is 0 Å². The van der Waals surface area contributed by atoms with Gasteiger partial charge in [0.05, 0.1) is 0 Å². The maximum atomic E-state index is 11.9. The van der Waals surface area contributed by atoms with Crippen LogP contribution in [0.15, 0.2) is 41.3 Å². The van der Waals surface area contributed by atoms with Crippen LogP contribution in [0.2, 0.25) is 0 Å². The summed E-state index contributed by atoms with van der Waals surface area (Å²) in [6, 6.07) is 7.96. The topological polar surface area (TPSA) is 94.5 Å². The zero-order valence-corrected chi connectivity index (χ0v) is 13.0. The zero-order chi connectivity index (χ0) is 16.8. The Kier molecular flexibility index (Phi) is 4.95. The van der Waals surface area contributed by atoms with Gasteiger partial charge in [-0.1, -0.05) is 0 Å². The van der Waals surface area contributed by atoms with E-state index in [9.17, 15) is 9.59 Å². The minimum atomic E-state index is -0.319. The lowest BCUT2D eigenvalue weighted by atomic mass is 10.2. The first-order valence-corrected chi connectivity index (χ1v) is 7.69. The van der Waals surface area contributed by atoms with Gasteiger partial charge in [0.25, 0.3) is 5.56 Å². The second-order valence-electron chi connectivity index (χ2n) is 5.18. The molecule has 24 heavy (non-hydrogen) atoms. The van der Waals surface area contributed by atoms with E-state index >= 15 is 0 Å². The first kappa shape index (κ1) is 15.9. The summed E-state index contributed by atoms with van der Waals surface area (Å²) in [6.07, 6.45) is 2.16. The molecule has 0 aliphatic carbocycles. The number of rotatable bonds is 5. The molecule has 0 radical (unpaired) electrons. The van der Waals surface area contributed by atoms with Crippen LogP contribution in [0.4, 0.5) is 10.5 Å². The van der Waals surface area contributed by atoms with Crippen molar-refractivity contribution in [3.8, 4) is 11.5 Å². The Hall–Kier alpha value is -3.03. The van der Waals surface area contributed by atoms with Gasteiger partial charge in [0.15, 0.2) is 11.5 Å². The van der Waals surface area contributed by atoms with E-state index in [1.807, 2.05) is 0 Å². The number of aromatic nitrogens is 2. The Balaban J connectivity index is 1.44. The van der Waals surface area contributed by atoms with E-state index in [2.05, 4.69) is 15.7 Å². The monoisotopic (exact) mass is 330 g/mol. The van der Waals surface area contributed by atoms with Crippen LogP contribution in [0.1, 0.15) is 6.42 Å². The molecule has 1 aliphatic rings. The predicted octanol–water partition coefficient (Wildman–Crippen LogP) is 1.23. The van der Waals surface area contributed by atoms with Gasteiger partial charge in [0, 0.05) is 37.1 Å². The van der Waals surface area contributed by atoms with Crippen molar-refractivity contribution in [2.24, 2.45) is 0 Å². The van der Waals surface area contributed by atoms with E-state index < -0.39 is 0 Å². The Morgan fingerprint density at radius 1 is 1.21 bits per heavy atom. The van der Waals surface area contributed by atoms with Gasteiger partial charge in [-0.3, -0.25) is 4.79 Å². The number of amides is 2. The summed E-state index contributed by atoms with van der Waals surface area (Å²) in [6.45, 7) is 1.90. The highest BCUT2D eigenvalue weighted by Crippen LogP contribution is 2.32. The van der Waals surface area contributed by atoms with Crippen LogP contribution < -0.4 is 25.7 Å². The van der Waals surface area contributed by atoms with Crippen molar-refractivity contribution in [1.29, 1.82) is 0 Å². The molecule has 0 unspecified atom stereocenters. The summed E-state index contributed by atoms with van der Waals surface area (Å²) >= 11 is 0. The highest BCUT2D eigenvalue weighted by Gasteiger charge is 2.12. The summed E-state index contributed by atoms with van der Waals surface area (Å²) in [5.41, 5.74) is 0.468. The van der Waals surface area contributed by atoms with Gasteiger partial charge in [-0.15, -0.1) is 0 Å². The molecule has 0 atom stereocenters. The van der Waals surface area contributed by atoms with E-state index in [1.165, 1.54) is 10.7 Å². The molecule has 2 aromatic rings. The first-order valence-electron chi connectivity index (χ1n) is 7.69. The minimum Gasteiger partial charge on any atom is -0.486 e. The number of anilines is 1. The van der Waals surface area contributed by atoms with Gasteiger partial charge in [-0.2, -0.15) is 5.10 Å². The van der Waals surface area contributed by atoms with Crippen molar-refractivity contribution < 1.29 is 14.3 Å². The van der Waals surface area contributed by atoms with Gasteiger partial charge in [-0.05, 0) is 24.6 Å². The number of carbonyl (C=O) groups is 1. The van der Waals surface area contributed by atoms with Gasteiger partial charge >= 0.3 is 6.03 Å². The Bertz CT molecular complexity index is 775. The third-order valence-corrected chi connectivity index (χ3v) is 3.42. The molecule has 1 aliphatic heterocycles. The lowest BCUT2D eigenvalue weighted by Crippen LogP contribution is -2.31. The van der Waals surface area contributed by atoms with Crippen molar-refractivity contribution in [3.05, 3.63) is 46.9 Å². The fourth-order valence-electron chi connectivity index (χ4n) is 2.28. The summed E-state index contributed by atoms with van der Waals surface area (Å²) < 4.78 is 12.3. The maximum Gasteiger partial charge on any atom is 0.319 e. The molecule has 0 saturated carbocycles. The fourth-order valence-corrected chi connectivity index (χ4v) is 2.28. The molecule has 8 heteroatoms. The number of hydrogen-bond acceptors (Lipinski definition) is 5. The van der Waals surface area contributed by atoms with Crippen LogP contribution in [-0.4, -0.2) is 35.6 Å². The third kappa shape index (κ3) is 4.03. The number of benzene rings is 1. The predicted molar refractivity (Wildman–Crippen MR) is 87.6 cm³/mol. The van der Waals surface area contributed by atoms with Crippen LogP contribution in [0.5, 0.6) is 11.5 Å². The second-order valence-corrected chi connectivity index (χ2v) is 5.18. The summed E-state index contributed by atoms with van der Waals surface area (Å²) in [7, 11) is 0. The van der Waals surface area contributed by atoms with Gasteiger partial charge in [-0.25, -0.2) is 9.48 Å². The number of hydrogen-bond donors (Lipinski definition) is 2. The van der Waals surface area contributed by atoms with Crippen molar-refractivity contribution in [3.63, 3.8) is 0 Å².